The summed E-state index contributed by atoms with van der Waals surface area (Å²) in [6.45, 7) is 0. The minimum absolute atomic E-state index is 1.32. The zero-order valence-corrected chi connectivity index (χ0v) is 12.2. The molecule has 0 aliphatic carbocycles. The third-order valence-corrected chi connectivity index (χ3v) is 5.73. The highest BCUT2D eigenvalue weighted by molar-refractivity contribution is 7.18. The molecule has 0 N–H and O–H groups in total. The number of thiophene rings is 2. The van der Waals surface area contributed by atoms with Crippen LogP contribution in [0.3, 0.4) is 0 Å². The van der Waals surface area contributed by atoms with Crippen molar-refractivity contribution in [2.24, 2.45) is 0 Å². The maximum absolute atomic E-state index is 2.25. The van der Waals surface area contributed by atoms with E-state index in [2.05, 4.69) is 64.0 Å². The molecule has 0 aliphatic heterocycles. The van der Waals surface area contributed by atoms with Crippen LogP contribution in [0.25, 0.3) is 36.5 Å². The molecule has 1 nitrogen and oxygen atoms in total. The largest absolute Gasteiger partial charge is 0.228 e. The third-order valence-electron chi connectivity index (χ3n) is 3.90. The van der Waals surface area contributed by atoms with Crippen LogP contribution in [0.15, 0.2) is 59.6 Å². The van der Waals surface area contributed by atoms with Crippen molar-refractivity contribution < 1.29 is 4.40 Å². The zero-order chi connectivity index (χ0) is 13.1. The molecule has 5 rings (SSSR count). The summed E-state index contributed by atoms with van der Waals surface area (Å²) in [7, 11) is 0. The minimum Gasteiger partial charge on any atom is -0.166 e. The molecule has 0 radical (unpaired) electrons. The van der Waals surface area contributed by atoms with Crippen molar-refractivity contribution in [1.82, 2.24) is 0 Å². The number of nitrogens with zero attached hydrogens (tertiary/aromatic N) is 1. The Morgan fingerprint density at radius 1 is 0.750 bits per heavy atom. The van der Waals surface area contributed by atoms with Crippen LogP contribution >= 0.6 is 22.7 Å². The lowest BCUT2D eigenvalue weighted by molar-refractivity contribution is -0.509. The number of pyridine rings is 2. The number of aromatic nitrogens is 1. The quantitative estimate of drug-likeness (QED) is 0.279. The van der Waals surface area contributed by atoms with Gasteiger partial charge in [-0.2, -0.15) is 4.40 Å². The van der Waals surface area contributed by atoms with E-state index >= 15 is 0 Å². The lowest BCUT2D eigenvalue weighted by Gasteiger charge is -2.01. The normalized spacial score (nSPS) is 12.0. The molecule has 1 aromatic carbocycles. The van der Waals surface area contributed by atoms with Gasteiger partial charge in [0.2, 0.25) is 5.52 Å². The standard InChI is InChI=1S/C17H10NS2/c1-2-12-5-9-20-17(12)15-11(1)3-7-18-8-4-14-13(16(15)18)6-10-19-14/h1-10H/q+1. The molecule has 4 heterocycles. The highest BCUT2D eigenvalue weighted by Crippen LogP contribution is 2.34. The average Bonchev–Trinajstić information content (AvgIpc) is 3.14. The molecule has 94 valence electrons. The Morgan fingerprint density at radius 2 is 1.60 bits per heavy atom. The smallest absolute Gasteiger partial charge is 0.166 e. The fourth-order valence-electron chi connectivity index (χ4n) is 2.99. The van der Waals surface area contributed by atoms with Gasteiger partial charge in [0.1, 0.15) is 0 Å². The van der Waals surface area contributed by atoms with Crippen molar-refractivity contribution in [1.29, 1.82) is 0 Å². The Hall–Kier alpha value is -1.97. The van der Waals surface area contributed by atoms with Gasteiger partial charge in [0, 0.05) is 21.5 Å². The van der Waals surface area contributed by atoms with Gasteiger partial charge in [-0.05, 0) is 33.7 Å². The first kappa shape index (κ1) is 10.8. The predicted molar refractivity (Wildman–Crippen MR) is 87.9 cm³/mol. The molecule has 0 aliphatic rings. The number of hydrogen-bond donors (Lipinski definition) is 0. The second kappa shape index (κ2) is 3.78. The fourth-order valence-corrected chi connectivity index (χ4v) is 4.72. The number of fused-ring (bicyclic) bond motifs is 7. The van der Waals surface area contributed by atoms with Crippen molar-refractivity contribution in [3.05, 3.63) is 59.6 Å². The highest BCUT2D eigenvalue weighted by atomic mass is 32.1. The molecule has 3 heteroatoms. The summed E-state index contributed by atoms with van der Waals surface area (Å²) in [4.78, 5) is 0. The highest BCUT2D eigenvalue weighted by Gasteiger charge is 2.15. The minimum atomic E-state index is 1.32. The summed E-state index contributed by atoms with van der Waals surface area (Å²) in [5.41, 5.74) is 1.33. The van der Waals surface area contributed by atoms with Gasteiger partial charge in [-0.1, -0.05) is 12.1 Å². The van der Waals surface area contributed by atoms with E-state index in [0.29, 0.717) is 0 Å². The van der Waals surface area contributed by atoms with E-state index in [1.54, 1.807) is 0 Å². The van der Waals surface area contributed by atoms with Gasteiger partial charge in [0.05, 0.1) is 10.8 Å². The number of hydrogen-bond acceptors (Lipinski definition) is 2. The Balaban J connectivity index is 2.23. The summed E-state index contributed by atoms with van der Waals surface area (Å²) < 4.78 is 4.99. The SMILES string of the molecule is c1cc2c(cc[n+]3ccc4ccc5ccsc5c4c23)s1. The van der Waals surface area contributed by atoms with Gasteiger partial charge in [-0.15, -0.1) is 22.7 Å². The Bertz CT molecular complexity index is 1010. The van der Waals surface area contributed by atoms with Crippen LogP contribution in [0.5, 0.6) is 0 Å². The third kappa shape index (κ3) is 1.29. The van der Waals surface area contributed by atoms with Gasteiger partial charge in [0.25, 0.3) is 0 Å². The van der Waals surface area contributed by atoms with Crippen LogP contribution in [0, 0.1) is 0 Å². The maximum atomic E-state index is 2.25. The number of rotatable bonds is 0. The molecule has 0 amide bonds. The van der Waals surface area contributed by atoms with E-state index in [-0.39, 0.29) is 0 Å². The Kier molecular flexibility index (Phi) is 2.04. The van der Waals surface area contributed by atoms with Gasteiger partial charge in [0.15, 0.2) is 12.4 Å². The van der Waals surface area contributed by atoms with Crippen LogP contribution in [0.4, 0.5) is 0 Å². The van der Waals surface area contributed by atoms with Crippen molar-refractivity contribution in [3.63, 3.8) is 0 Å². The van der Waals surface area contributed by atoms with Gasteiger partial charge >= 0.3 is 0 Å². The van der Waals surface area contributed by atoms with E-state index in [1.807, 2.05) is 22.7 Å². The van der Waals surface area contributed by atoms with Crippen molar-refractivity contribution in [2.75, 3.05) is 0 Å². The predicted octanol–water partition coefficient (Wildman–Crippen LogP) is 5.01. The van der Waals surface area contributed by atoms with Crippen molar-refractivity contribution >= 4 is 59.1 Å². The molecule has 20 heavy (non-hydrogen) atoms. The molecule has 0 atom stereocenters. The zero-order valence-electron chi connectivity index (χ0n) is 10.5. The van der Waals surface area contributed by atoms with Gasteiger partial charge in [-0.3, -0.25) is 0 Å². The van der Waals surface area contributed by atoms with Crippen LogP contribution in [0.1, 0.15) is 0 Å². The molecular weight excluding hydrogens is 282 g/mol. The first-order valence-corrected chi connectivity index (χ1v) is 8.28. The van der Waals surface area contributed by atoms with Gasteiger partial charge < -0.3 is 0 Å². The van der Waals surface area contributed by atoms with E-state index in [9.17, 15) is 0 Å². The maximum Gasteiger partial charge on any atom is 0.228 e. The molecule has 0 saturated carbocycles. The van der Waals surface area contributed by atoms with E-state index < -0.39 is 0 Å². The van der Waals surface area contributed by atoms with Gasteiger partial charge in [-0.25, -0.2) is 0 Å². The lowest BCUT2D eigenvalue weighted by atomic mass is 10.1. The molecular formula is C17H10NS2+. The average molecular weight is 292 g/mol. The molecule has 0 unspecified atom stereocenters. The lowest BCUT2D eigenvalue weighted by Crippen LogP contribution is -2.20. The van der Waals surface area contributed by atoms with E-state index in [4.69, 9.17) is 0 Å². The van der Waals surface area contributed by atoms with Crippen molar-refractivity contribution in [2.45, 2.75) is 0 Å². The Morgan fingerprint density at radius 3 is 2.60 bits per heavy atom. The van der Waals surface area contributed by atoms with E-state index in [0.717, 1.165) is 0 Å². The molecule has 0 fully saturated rings. The molecule has 0 bridgehead atoms. The molecule has 4 aromatic heterocycles. The summed E-state index contributed by atoms with van der Waals surface area (Å²) in [5.74, 6) is 0. The summed E-state index contributed by atoms with van der Waals surface area (Å²) in [6.07, 6.45) is 4.33. The first-order chi connectivity index (χ1) is 9.92. The summed E-state index contributed by atoms with van der Waals surface area (Å²) in [6, 6.07) is 13.3. The fraction of sp³-hybridized carbons (Fsp3) is 0. The molecule has 5 aromatic rings. The monoisotopic (exact) mass is 292 g/mol. The summed E-state index contributed by atoms with van der Waals surface area (Å²) in [5, 5.41) is 9.74. The second-order valence-electron chi connectivity index (χ2n) is 4.95. The summed E-state index contributed by atoms with van der Waals surface area (Å²) >= 11 is 3.64. The van der Waals surface area contributed by atoms with Crippen LogP contribution in [-0.2, 0) is 0 Å². The van der Waals surface area contributed by atoms with Crippen LogP contribution < -0.4 is 4.40 Å². The van der Waals surface area contributed by atoms with Crippen molar-refractivity contribution in [3.8, 4) is 0 Å². The first-order valence-electron chi connectivity index (χ1n) is 6.52. The molecule has 0 spiro atoms. The molecule has 0 saturated heterocycles. The van der Waals surface area contributed by atoms with Crippen LogP contribution in [-0.4, -0.2) is 0 Å². The van der Waals surface area contributed by atoms with E-state index in [1.165, 1.54) is 36.5 Å². The Labute approximate surface area is 123 Å². The topological polar surface area (TPSA) is 4.10 Å². The number of benzene rings is 1. The van der Waals surface area contributed by atoms with Crippen LogP contribution in [0.2, 0.25) is 0 Å². The second-order valence-corrected chi connectivity index (χ2v) is 6.82.